The normalized spacial score (nSPS) is 10.5. The summed E-state index contributed by atoms with van der Waals surface area (Å²) in [5.41, 5.74) is 7.54. The number of pyridine rings is 1. The number of aromatic nitrogens is 1. The summed E-state index contributed by atoms with van der Waals surface area (Å²) in [5.74, 6) is 0. The predicted octanol–water partition coefficient (Wildman–Crippen LogP) is 2.64. The summed E-state index contributed by atoms with van der Waals surface area (Å²) in [6, 6.07) is 10.5. The van der Waals surface area contributed by atoms with Gasteiger partial charge in [0.2, 0.25) is 0 Å². The van der Waals surface area contributed by atoms with Gasteiger partial charge in [-0.1, -0.05) is 30.7 Å². The summed E-state index contributed by atoms with van der Waals surface area (Å²) in [6.07, 6.45) is 0.714. The number of benzene rings is 1. The molecule has 0 aliphatic carbocycles. The van der Waals surface area contributed by atoms with Crippen LogP contribution in [0.1, 0.15) is 12.6 Å². The summed E-state index contributed by atoms with van der Waals surface area (Å²) in [4.78, 5) is 12.0. The fourth-order valence-electron chi connectivity index (χ4n) is 1.81. The molecule has 2 aromatic rings. The second kappa shape index (κ2) is 4.63. The van der Waals surface area contributed by atoms with Gasteiger partial charge in [0, 0.05) is 17.4 Å². The number of aryl methyl sites for hydroxylation is 1. The van der Waals surface area contributed by atoms with Gasteiger partial charge in [-0.25, -0.2) is 0 Å². The summed E-state index contributed by atoms with van der Waals surface area (Å²) in [6.45, 7) is 1.97. The van der Waals surface area contributed by atoms with E-state index in [1.165, 1.54) is 6.07 Å². The lowest BCUT2D eigenvalue weighted by Gasteiger charge is -2.13. The van der Waals surface area contributed by atoms with Crippen LogP contribution in [0.2, 0.25) is 5.02 Å². The molecule has 0 aliphatic heterocycles. The van der Waals surface area contributed by atoms with E-state index in [1.807, 2.05) is 25.1 Å². The van der Waals surface area contributed by atoms with E-state index < -0.39 is 0 Å². The van der Waals surface area contributed by atoms with Crippen LogP contribution in [0.25, 0.3) is 5.69 Å². The van der Waals surface area contributed by atoms with E-state index in [0.717, 1.165) is 5.69 Å². The number of rotatable bonds is 2. The molecule has 0 fully saturated rings. The zero-order valence-corrected chi connectivity index (χ0v) is 10.2. The first-order chi connectivity index (χ1) is 8.13. The maximum atomic E-state index is 12.0. The smallest absolute Gasteiger partial charge is 0.257 e. The summed E-state index contributed by atoms with van der Waals surface area (Å²) in [5, 5.41) is 0.550. The summed E-state index contributed by atoms with van der Waals surface area (Å²) in [7, 11) is 0. The Kier molecular flexibility index (Phi) is 3.20. The van der Waals surface area contributed by atoms with Crippen LogP contribution in [0.5, 0.6) is 0 Å². The molecule has 2 N–H and O–H groups in total. The third kappa shape index (κ3) is 2.19. The lowest BCUT2D eigenvalue weighted by molar-refractivity contribution is 0.878. The van der Waals surface area contributed by atoms with Gasteiger partial charge in [0.15, 0.2) is 0 Å². The first kappa shape index (κ1) is 11.7. The van der Waals surface area contributed by atoms with Gasteiger partial charge in [0.05, 0.1) is 10.7 Å². The number of nitrogen functional groups attached to an aromatic ring is 1. The monoisotopic (exact) mass is 248 g/mol. The van der Waals surface area contributed by atoms with E-state index in [-0.39, 0.29) is 5.56 Å². The van der Waals surface area contributed by atoms with E-state index in [1.54, 1.807) is 16.7 Å². The molecule has 0 radical (unpaired) electrons. The van der Waals surface area contributed by atoms with E-state index in [0.29, 0.717) is 22.8 Å². The largest absolute Gasteiger partial charge is 0.399 e. The maximum Gasteiger partial charge on any atom is 0.257 e. The standard InChI is InChI=1S/C13H13ClN2O/c1-2-10-7-9(15)8-13(17)16(10)12-6-4-3-5-11(12)14/h3-8H,2,15H2,1H3. The Labute approximate surface area is 104 Å². The average molecular weight is 249 g/mol. The Balaban J connectivity index is 2.76. The molecule has 0 bridgehead atoms. The van der Waals surface area contributed by atoms with Crippen LogP contribution in [-0.4, -0.2) is 4.57 Å². The van der Waals surface area contributed by atoms with Crippen LogP contribution in [0.4, 0.5) is 5.69 Å². The summed E-state index contributed by atoms with van der Waals surface area (Å²) < 4.78 is 1.60. The van der Waals surface area contributed by atoms with Gasteiger partial charge < -0.3 is 5.73 Å². The van der Waals surface area contributed by atoms with Crippen LogP contribution >= 0.6 is 11.6 Å². The molecule has 1 aromatic carbocycles. The van der Waals surface area contributed by atoms with Crippen molar-refractivity contribution in [1.29, 1.82) is 0 Å². The molecule has 1 heterocycles. The molecule has 88 valence electrons. The lowest BCUT2D eigenvalue weighted by atomic mass is 10.2. The second-order valence-corrected chi connectivity index (χ2v) is 4.17. The van der Waals surface area contributed by atoms with Crippen molar-refractivity contribution in [3.05, 3.63) is 57.5 Å². The van der Waals surface area contributed by atoms with E-state index in [9.17, 15) is 4.79 Å². The van der Waals surface area contributed by atoms with E-state index >= 15 is 0 Å². The van der Waals surface area contributed by atoms with Gasteiger partial charge in [0.25, 0.3) is 5.56 Å². The highest BCUT2D eigenvalue weighted by molar-refractivity contribution is 6.32. The van der Waals surface area contributed by atoms with E-state index in [2.05, 4.69) is 0 Å². The quantitative estimate of drug-likeness (QED) is 0.888. The number of nitrogens with two attached hydrogens (primary N) is 1. The first-order valence-electron chi connectivity index (χ1n) is 5.40. The number of anilines is 1. The van der Waals surface area contributed by atoms with Gasteiger partial charge in [-0.2, -0.15) is 0 Å². The lowest BCUT2D eigenvalue weighted by Crippen LogP contribution is -2.21. The zero-order valence-electron chi connectivity index (χ0n) is 9.48. The molecule has 0 spiro atoms. The van der Waals surface area contributed by atoms with Crippen LogP contribution in [0.3, 0.4) is 0 Å². The Bertz CT molecular complexity index is 605. The van der Waals surface area contributed by atoms with Gasteiger partial charge in [0.1, 0.15) is 0 Å². The van der Waals surface area contributed by atoms with Crippen LogP contribution in [0.15, 0.2) is 41.2 Å². The zero-order chi connectivity index (χ0) is 12.4. The topological polar surface area (TPSA) is 48.0 Å². The number of hydrogen-bond donors (Lipinski definition) is 1. The molecule has 3 nitrogen and oxygen atoms in total. The minimum atomic E-state index is -0.157. The molecule has 0 aliphatic rings. The molecule has 17 heavy (non-hydrogen) atoms. The number of halogens is 1. The Morgan fingerprint density at radius 3 is 2.65 bits per heavy atom. The van der Waals surface area contributed by atoms with Crippen molar-refractivity contribution in [2.45, 2.75) is 13.3 Å². The van der Waals surface area contributed by atoms with Crippen molar-refractivity contribution in [2.24, 2.45) is 0 Å². The maximum absolute atomic E-state index is 12.0. The van der Waals surface area contributed by atoms with Crippen molar-refractivity contribution >= 4 is 17.3 Å². The van der Waals surface area contributed by atoms with Crippen molar-refractivity contribution < 1.29 is 0 Å². The predicted molar refractivity (Wildman–Crippen MR) is 70.8 cm³/mol. The molecule has 0 saturated heterocycles. The SMILES string of the molecule is CCc1cc(N)cc(=O)n1-c1ccccc1Cl. The number of hydrogen-bond acceptors (Lipinski definition) is 2. The van der Waals surface area contributed by atoms with Crippen LogP contribution < -0.4 is 11.3 Å². The van der Waals surface area contributed by atoms with Gasteiger partial charge >= 0.3 is 0 Å². The van der Waals surface area contributed by atoms with Crippen LogP contribution in [0, 0.1) is 0 Å². The Morgan fingerprint density at radius 2 is 2.00 bits per heavy atom. The average Bonchev–Trinajstić information content (AvgIpc) is 2.29. The van der Waals surface area contributed by atoms with Crippen molar-refractivity contribution in [1.82, 2.24) is 4.57 Å². The third-order valence-corrected chi connectivity index (χ3v) is 2.91. The molecule has 0 unspecified atom stereocenters. The minimum Gasteiger partial charge on any atom is -0.399 e. The number of nitrogens with zero attached hydrogens (tertiary/aromatic N) is 1. The fraction of sp³-hybridized carbons (Fsp3) is 0.154. The van der Waals surface area contributed by atoms with E-state index in [4.69, 9.17) is 17.3 Å². The van der Waals surface area contributed by atoms with Gasteiger partial charge in [-0.15, -0.1) is 0 Å². The molecule has 0 saturated carbocycles. The highest BCUT2D eigenvalue weighted by Crippen LogP contribution is 2.20. The Morgan fingerprint density at radius 1 is 1.29 bits per heavy atom. The van der Waals surface area contributed by atoms with Gasteiger partial charge in [-0.05, 0) is 24.6 Å². The van der Waals surface area contributed by atoms with Crippen molar-refractivity contribution in [3.8, 4) is 5.69 Å². The molecule has 4 heteroatoms. The van der Waals surface area contributed by atoms with Crippen molar-refractivity contribution in [3.63, 3.8) is 0 Å². The highest BCUT2D eigenvalue weighted by Gasteiger charge is 2.09. The van der Waals surface area contributed by atoms with Crippen molar-refractivity contribution in [2.75, 3.05) is 5.73 Å². The molecular formula is C13H13ClN2O. The molecule has 0 amide bonds. The highest BCUT2D eigenvalue weighted by atomic mass is 35.5. The molecule has 0 atom stereocenters. The second-order valence-electron chi connectivity index (χ2n) is 3.76. The third-order valence-electron chi connectivity index (χ3n) is 2.59. The minimum absolute atomic E-state index is 0.157. The molecular weight excluding hydrogens is 236 g/mol. The van der Waals surface area contributed by atoms with Gasteiger partial charge in [-0.3, -0.25) is 9.36 Å². The fourth-order valence-corrected chi connectivity index (χ4v) is 2.03. The first-order valence-corrected chi connectivity index (χ1v) is 5.77. The Hall–Kier alpha value is -1.74. The molecule has 1 aromatic heterocycles. The number of para-hydroxylation sites is 1. The summed E-state index contributed by atoms with van der Waals surface area (Å²) >= 11 is 6.11. The molecule has 2 rings (SSSR count). The van der Waals surface area contributed by atoms with Crippen LogP contribution in [-0.2, 0) is 6.42 Å².